The summed E-state index contributed by atoms with van der Waals surface area (Å²) in [6, 6.07) is 0. The summed E-state index contributed by atoms with van der Waals surface area (Å²) in [4.78, 5) is 15.8. The number of hydrogen-bond acceptors (Lipinski definition) is 2. The van der Waals surface area contributed by atoms with Gasteiger partial charge in [0, 0.05) is 25.4 Å². The number of Topliss-reactive ketones (excluding diaryl/α,β-unsaturated/α-hetero) is 1. The third-order valence-electron chi connectivity index (χ3n) is 2.31. The van der Waals surface area contributed by atoms with Crippen molar-refractivity contribution in [3.05, 3.63) is 18.2 Å². The molecular formula is C11H18N2O. The van der Waals surface area contributed by atoms with Gasteiger partial charge in [-0.25, -0.2) is 4.98 Å². The molecule has 1 heterocycles. The van der Waals surface area contributed by atoms with Crippen molar-refractivity contribution in [1.82, 2.24) is 9.55 Å². The first-order valence-electron chi connectivity index (χ1n) is 5.34. The van der Waals surface area contributed by atoms with E-state index in [0.29, 0.717) is 12.2 Å². The molecule has 14 heavy (non-hydrogen) atoms. The highest BCUT2D eigenvalue weighted by Gasteiger charge is 2.10. The van der Waals surface area contributed by atoms with Gasteiger partial charge in [-0.1, -0.05) is 19.8 Å². The molecule has 0 aliphatic carbocycles. The van der Waals surface area contributed by atoms with Gasteiger partial charge in [0.15, 0.2) is 11.6 Å². The summed E-state index contributed by atoms with van der Waals surface area (Å²) < 4.78 is 1.90. The van der Waals surface area contributed by atoms with E-state index in [1.807, 2.05) is 17.7 Å². The van der Waals surface area contributed by atoms with Crippen LogP contribution < -0.4 is 0 Å². The van der Waals surface area contributed by atoms with Crippen LogP contribution in [0.4, 0.5) is 0 Å². The number of carbonyl (C=O) groups excluding carboxylic acids is 1. The highest BCUT2D eigenvalue weighted by atomic mass is 16.1. The molecule has 0 bridgehead atoms. The van der Waals surface area contributed by atoms with Crippen molar-refractivity contribution in [1.29, 1.82) is 0 Å². The first kappa shape index (κ1) is 11.0. The molecule has 0 N–H and O–H groups in total. The van der Waals surface area contributed by atoms with Crippen LogP contribution >= 0.6 is 0 Å². The van der Waals surface area contributed by atoms with Crippen molar-refractivity contribution < 1.29 is 4.79 Å². The molecule has 1 rings (SSSR count). The van der Waals surface area contributed by atoms with Crippen LogP contribution in [0.3, 0.4) is 0 Å². The normalized spacial score (nSPS) is 10.4. The number of rotatable bonds is 6. The summed E-state index contributed by atoms with van der Waals surface area (Å²) >= 11 is 0. The Bertz CT molecular complexity index is 291. The van der Waals surface area contributed by atoms with Crippen LogP contribution in [-0.4, -0.2) is 15.3 Å². The lowest BCUT2D eigenvalue weighted by Gasteiger charge is -2.02. The van der Waals surface area contributed by atoms with E-state index in [0.717, 1.165) is 25.8 Å². The first-order chi connectivity index (χ1) is 6.79. The number of nitrogens with zero attached hydrogens (tertiary/aromatic N) is 2. The predicted octanol–water partition coefficient (Wildman–Crippen LogP) is 2.67. The molecule has 0 unspecified atom stereocenters. The van der Waals surface area contributed by atoms with Gasteiger partial charge in [0.1, 0.15) is 0 Å². The minimum atomic E-state index is 0.172. The second kappa shape index (κ2) is 5.58. The van der Waals surface area contributed by atoms with Crippen LogP contribution in [0.15, 0.2) is 12.4 Å². The Morgan fingerprint density at radius 2 is 2.21 bits per heavy atom. The number of ketones is 1. The molecular weight excluding hydrogens is 176 g/mol. The molecule has 0 aliphatic heterocycles. The lowest BCUT2D eigenvalue weighted by Crippen LogP contribution is -2.08. The molecule has 3 nitrogen and oxygen atoms in total. The fourth-order valence-electron chi connectivity index (χ4n) is 1.46. The molecule has 0 aromatic carbocycles. The van der Waals surface area contributed by atoms with Gasteiger partial charge >= 0.3 is 0 Å². The van der Waals surface area contributed by atoms with E-state index in [9.17, 15) is 4.79 Å². The Kier molecular flexibility index (Phi) is 4.36. The summed E-state index contributed by atoms with van der Waals surface area (Å²) in [5, 5.41) is 0. The Morgan fingerprint density at radius 3 is 2.86 bits per heavy atom. The van der Waals surface area contributed by atoms with Gasteiger partial charge in [-0.15, -0.1) is 0 Å². The average Bonchev–Trinajstić information content (AvgIpc) is 2.65. The van der Waals surface area contributed by atoms with Crippen molar-refractivity contribution >= 4 is 5.78 Å². The van der Waals surface area contributed by atoms with Gasteiger partial charge in [-0.2, -0.15) is 0 Å². The average molecular weight is 194 g/mol. The zero-order valence-electron chi connectivity index (χ0n) is 8.99. The molecule has 0 amide bonds. The number of aromatic nitrogens is 2. The predicted molar refractivity (Wildman–Crippen MR) is 56.4 cm³/mol. The minimum Gasteiger partial charge on any atom is -0.329 e. The maximum Gasteiger partial charge on any atom is 0.198 e. The number of unbranched alkanes of at least 4 members (excludes halogenated alkanes) is 2. The number of imidazole rings is 1. The smallest absolute Gasteiger partial charge is 0.198 e. The molecule has 1 aromatic rings. The van der Waals surface area contributed by atoms with Crippen LogP contribution in [0.2, 0.25) is 0 Å². The topological polar surface area (TPSA) is 34.9 Å². The molecule has 0 radical (unpaired) electrons. The largest absolute Gasteiger partial charge is 0.329 e. The summed E-state index contributed by atoms with van der Waals surface area (Å²) in [6.07, 6.45) is 7.43. The standard InChI is InChI=1S/C11H18N2O/c1-3-5-6-7-10(14)11-12-8-9-13(11)4-2/h8-9H,3-7H2,1-2H3. The van der Waals surface area contributed by atoms with Gasteiger partial charge in [-0.3, -0.25) is 4.79 Å². The second-order valence-electron chi connectivity index (χ2n) is 3.42. The zero-order chi connectivity index (χ0) is 10.4. The molecule has 78 valence electrons. The molecule has 3 heteroatoms. The summed E-state index contributed by atoms with van der Waals surface area (Å²) in [5.41, 5.74) is 0. The van der Waals surface area contributed by atoms with Gasteiger partial charge in [0.05, 0.1) is 0 Å². The number of carbonyl (C=O) groups is 1. The third kappa shape index (κ3) is 2.69. The van der Waals surface area contributed by atoms with Crippen molar-refractivity contribution in [2.45, 2.75) is 46.1 Å². The Balaban J connectivity index is 2.51. The van der Waals surface area contributed by atoms with Gasteiger partial charge in [0.25, 0.3) is 0 Å². The third-order valence-corrected chi connectivity index (χ3v) is 2.31. The monoisotopic (exact) mass is 194 g/mol. The van der Waals surface area contributed by atoms with Crippen LogP contribution in [0, 0.1) is 0 Å². The molecule has 1 aromatic heterocycles. The lowest BCUT2D eigenvalue weighted by atomic mass is 10.1. The SMILES string of the molecule is CCCCCC(=O)c1nccn1CC. The van der Waals surface area contributed by atoms with E-state index < -0.39 is 0 Å². The van der Waals surface area contributed by atoms with Crippen molar-refractivity contribution in [2.24, 2.45) is 0 Å². The number of hydrogen-bond donors (Lipinski definition) is 0. The van der Waals surface area contributed by atoms with E-state index in [1.54, 1.807) is 6.20 Å². The zero-order valence-corrected chi connectivity index (χ0v) is 8.99. The van der Waals surface area contributed by atoms with Gasteiger partial charge in [-0.05, 0) is 13.3 Å². The molecule has 0 fully saturated rings. The second-order valence-corrected chi connectivity index (χ2v) is 3.42. The molecule has 0 saturated heterocycles. The van der Waals surface area contributed by atoms with E-state index in [2.05, 4.69) is 11.9 Å². The van der Waals surface area contributed by atoms with Crippen LogP contribution in [0.5, 0.6) is 0 Å². The fraction of sp³-hybridized carbons (Fsp3) is 0.636. The molecule has 0 atom stereocenters. The minimum absolute atomic E-state index is 0.172. The maximum atomic E-state index is 11.7. The Morgan fingerprint density at radius 1 is 1.43 bits per heavy atom. The van der Waals surface area contributed by atoms with Crippen LogP contribution in [0.1, 0.15) is 50.1 Å². The maximum absolute atomic E-state index is 11.7. The number of aryl methyl sites for hydroxylation is 1. The van der Waals surface area contributed by atoms with Crippen molar-refractivity contribution in [3.63, 3.8) is 0 Å². The highest BCUT2D eigenvalue weighted by Crippen LogP contribution is 2.06. The van der Waals surface area contributed by atoms with E-state index >= 15 is 0 Å². The van der Waals surface area contributed by atoms with E-state index in [4.69, 9.17) is 0 Å². The van der Waals surface area contributed by atoms with Crippen LogP contribution in [-0.2, 0) is 6.54 Å². The summed E-state index contributed by atoms with van der Waals surface area (Å²) in [7, 11) is 0. The van der Waals surface area contributed by atoms with Gasteiger partial charge in [0.2, 0.25) is 0 Å². The Hall–Kier alpha value is -1.12. The molecule has 0 aliphatic rings. The quantitative estimate of drug-likeness (QED) is 0.515. The summed E-state index contributed by atoms with van der Waals surface area (Å²) in [6.45, 7) is 4.97. The Labute approximate surface area is 85.2 Å². The van der Waals surface area contributed by atoms with Crippen molar-refractivity contribution in [3.8, 4) is 0 Å². The summed E-state index contributed by atoms with van der Waals surface area (Å²) in [5.74, 6) is 0.786. The van der Waals surface area contributed by atoms with Crippen LogP contribution in [0.25, 0.3) is 0 Å². The fourth-order valence-corrected chi connectivity index (χ4v) is 1.46. The van der Waals surface area contributed by atoms with Crippen molar-refractivity contribution in [2.75, 3.05) is 0 Å². The van der Waals surface area contributed by atoms with E-state index in [1.165, 1.54) is 0 Å². The molecule has 0 saturated carbocycles. The first-order valence-corrected chi connectivity index (χ1v) is 5.34. The highest BCUT2D eigenvalue weighted by molar-refractivity contribution is 5.92. The molecule has 0 spiro atoms. The van der Waals surface area contributed by atoms with Gasteiger partial charge < -0.3 is 4.57 Å². The lowest BCUT2D eigenvalue weighted by molar-refractivity contribution is 0.0965. The van der Waals surface area contributed by atoms with E-state index in [-0.39, 0.29) is 5.78 Å².